The number of ether oxygens (including phenoxy) is 1. The average molecular weight is 210 g/mol. The third-order valence-electron chi connectivity index (χ3n) is 2.40. The molecule has 0 unspecified atom stereocenters. The van der Waals surface area contributed by atoms with Gasteiger partial charge in [0.15, 0.2) is 5.69 Å². The normalized spacial score (nSPS) is 15.7. The zero-order chi connectivity index (χ0) is 10.7. The van der Waals surface area contributed by atoms with Crippen molar-refractivity contribution in [1.29, 1.82) is 0 Å². The fraction of sp³-hybridized carbons (Fsp3) is 0.600. The lowest BCUT2D eigenvalue weighted by Gasteiger charge is -2.10. The molecule has 1 saturated heterocycles. The highest BCUT2D eigenvalue weighted by Crippen LogP contribution is 2.21. The summed E-state index contributed by atoms with van der Waals surface area (Å²) in [7, 11) is 0. The van der Waals surface area contributed by atoms with E-state index in [0.29, 0.717) is 12.5 Å². The van der Waals surface area contributed by atoms with Crippen LogP contribution in [0.5, 0.6) is 0 Å². The summed E-state index contributed by atoms with van der Waals surface area (Å²) in [6.45, 7) is 4.05. The first-order chi connectivity index (χ1) is 7.31. The summed E-state index contributed by atoms with van der Waals surface area (Å²) in [5.74, 6) is 0.238. The monoisotopic (exact) mass is 210 g/mol. The molecule has 15 heavy (non-hydrogen) atoms. The number of rotatable bonds is 3. The lowest BCUT2D eigenvalue weighted by atomic mass is 10.4. The van der Waals surface area contributed by atoms with E-state index in [1.165, 1.54) is 0 Å². The third-order valence-corrected chi connectivity index (χ3v) is 2.40. The fourth-order valence-electron chi connectivity index (χ4n) is 1.65. The van der Waals surface area contributed by atoms with Gasteiger partial charge in [-0.2, -0.15) is 0 Å². The van der Waals surface area contributed by atoms with Crippen LogP contribution in [0.4, 0.5) is 5.88 Å². The Morgan fingerprint density at radius 2 is 2.33 bits per heavy atom. The minimum absolute atomic E-state index is 0.249. The molecule has 1 aromatic heterocycles. The fourth-order valence-corrected chi connectivity index (χ4v) is 1.65. The largest absolute Gasteiger partial charge is 0.461 e. The molecule has 0 atom stereocenters. The molecule has 2 rings (SSSR count). The van der Waals surface area contributed by atoms with Crippen LogP contribution in [0.3, 0.4) is 0 Å². The van der Waals surface area contributed by atoms with Gasteiger partial charge in [-0.25, -0.2) is 4.79 Å². The number of hydrogen-bond acceptors (Lipinski definition) is 5. The smallest absolute Gasteiger partial charge is 0.360 e. The zero-order valence-corrected chi connectivity index (χ0v) is 8.73. The number of esters is 1. The van der Waals surface area contributed by atoms with E-state index in [1.54, 1.807) is 13.0 Å². The van der Waals surface area contributed by atoms with E-state index >= 15 is 0 Å². The Labute approximate surface area is 88.0 Å². The molecule has 0 spiro atoms. The van der Waals surface area contributed by atoms with Crippen LogP contribution >= 0.6 is 0 Å². The highest BCUT2D eigenvalue weighted by atomic mass is 16.5. The summed E-state index contributed by atoms with van der Waals surface area (Å²) < 4.78 is 9.92. The number of carbonyl (C=O) groups excluding carboxylic acids is 1. The highest BCUT2D eigenvalue weighted by Gasteiger charge is 2.19. The first-order valence-electron chi connectivity index (χ1n) is 5.20. The number of carbonyl (C=O) groups is 1. The molecule has 0 N–H and O–H groups in total. The molecule has 0 amide bonds. The van der Waals surface area contributed by atoms with Crippen molar-refractivity contribution < 1.29 is 14.1 Å². The van der Waals surface area contributed by atoms with Crippen LogP contribution in [-0.4, -0.2) is 30.8 Å². The molecular formula is C10H14N2O3. The lowest BCUT2D eigenvalue weighted by Crippen LogP contribution is -2.16. The van der Waals surface area contributed by atoms with Gasteiger partial charge in [-0.1, -0.05) is 5.16 Å². The Morgan fingerprint density at radius 1 is 1.60 bits per heavy atom. The summed E-state index contributed by atoms with van der Waals surface area (Å²) in [4.78, 5) is 13.4. The van der Waals surface area contributed by atoms with E-state index in [4.69, 9.17) is 9.26 Å². The number of anilines is 1. The van der Waals surface area contributed by atoms with Crippen LogP contribution in [0.25, 0.3) is 0 Å². The van der Waals surface area contributed by atoms with Crippen molar-refractivity contribution in [3.05, 3.63) is 11.8 Å². The summed E-state index contributed by atoms with van der Waals surface area (Å²) in [6.07, 6.45) is 2.32. The maximum atomic E-state index is 11.3. The molecule has 1 fully saturated rings. The first kappa shape index (κ1) is 10.0. The maximum Gasteiger partial charge on any atom is 0.360 e. The van der Waals surface area contributed by atoms with Gasteiger partial charge in [0.2, 0.25) is 5.88 Å². The second-order valence-electron chi connectivity index (χ2n) is 3.47. The van der Waals surface area contributed by atoms with Crippen LogP contribution < -0.4 is 4.90 Å². The number of hydrogen-bond donors (Lipinski definition) is 0. The van der Waals surface area contributed by atoms with Crippen LogP contribution in [0.1, 0.15) is 30.3 Å². The van der Waals surface area contributed by atoms with Crippen molar-refractivity contribution >= 4 is 11.9 Å². The molecule has 1 aliphatic rings. The van der Waals surface area contributed by atoms with Gasteiger partial charge in [0.25, 0.3) is 0 Å². The third kappa shape index (κ3) is 2.11. The van der Waals surface area contributed by atoms with Crippen LogP contribution in [0, 0.1) is 0 Å². The standard InChI is InChI=1S/C10H14N2O3/c1-2-14-10(13)8-7-9(15-11-8)12-5-3-4-6-12/h7H,2-6H2,1H3. The van der Waals surface area contributed by atoms with Gasteiger partial charge in [-0.05, 0) is 19.8 Å². The van der Waals surface area contributed by atoms with Crippen LogP contribution in [0.2, 0.25) is 0 Å². The second-order valence-corrected chi connectivity index (χ2v) is 3.47. The Morgan fingerprint density at radius 3 is 3.00 bits per heavy atom. The predicted octanol–water partition coefficient (Wildman–Crippen LogP) is 1.45. The Balaban J connectivity index is 2.06. The molecular weight excluding hydrogens is 196 g/mol. The van der Waals surface area contributed by atoms with Gasteiger partial charge in [-0.15, -0.1) is 0 Å². The minimum Gasteiger partial charge on any atom is -0.461 e. The van der Waals surface area contributed by atoms with Crippen LogP contribution in [0.15, 0.2) is 10.6 Å². The molecule has 1 aliphatic heterocycles. The lowest BCUT2D eigenvalue weighted by molar-refractivity contribution is 0.0514. The highest BCUT2D eigenvalue weighted by molar-refractivity contribution is 5.87. The second kappa shape index (κ2) is 4.33. The Hall–Kier alpha value is -1.52. The first-order valence-corrected chi connectivity index (χ1v) is 5.20. The van der Waals surface area contributed by atoms with Gasteiger partial charge < -0.3 is 14.2 Å². The maximum absolute atomic E-state index is 11.3. The summed E-state index contributed by atoms with van der Waals surface area (Å²) in [5, 5.41) is 3.69. The molecule has 5 nitrogen and oxygen atoms in total. The molecule has 0 bridgehead atoms. The van der Waals surface area contributed by atoms with E-state index in [9.17, 15) is 4.79 Å². The van der Waals surface area contributed by atoms with Gasteiger partial charge in [0, 0.05) is 19.2 Å². The molecule has 0 saturated carbocycles. The van der Waals surface area contributed by atoms with E-state index < -0.39 is 5.97 Å². The van der Waals surface area contributed by atoms with E-state index in [0.717, 1.165) is 25.9 Å². The Kier molecular flexibility index (Phi) is 2.89. The molecule has 0 aromatic carbocycles. The van der Waals surface area contributed by atoms with Gasteiger partial charge in [0.1, 0.15) is 0 Å². The van der Waals surface area contributed by atoms with Crippen LogP contribution in [-0.2, 0) is 4.74 Å². The molecule has 1 aromatic rings. The molecule has 5 heteroatoms. The molecule has 2 heterocycles. The summed E-state index contributed by atoms with van der Waals surface area (Å²) in [6, 6.07) is 1.64. The SMILES string of the molecule is CCOC(=O)c1cc(N2CCCC2)on1. The molecule has 0 radical (unpaired) electrons. The number of aromatic nitrogens is 1. The van der Waals surface area contributed by atoms with Crippen molar-refractivity contribution in [3.8, 4) is 0 Å². The van der Waals surface area contributed by atoms with Crippen molar-refractivity contribution in [2.24, 2.45) is 0 Å². The Bertz CT molecular complexity index is 342. The number of nitrogens with zero attached hydrogens (tertiary/aromatic N) is 2. The minimum atomic E-state index is -0.424. The summed E-state index contributed by atoms with van der Waals surface area (Å²) in [5.41, 5.74) is 0.249. The average Bonchev–Trinajstić information content (AvgIpc) is 2.89. The van der Waals surface area contributed by atoms with Gasteiger partial charge in [0.05, 0.1) is 6.61 Å². The molecule has 0 aliphatic carbocycles. The quantitative estimate of drug-likeness (QED) is 0.707. The van der Waals surface area contributed by atoms with Crippen molar-refractivity contribution in [1.82, 2.24) is 5.16 Å². The van der Waals surface area contributed by atoms with Crippen molar-refractivity contribution in [2.45, 2.75) is 19.8 Å². The molecule has 82 valence electrons. The van der Waals surface area contributed by atoms with E-state index in [2.05, 4.69) is 10.1 Å². The van der Waals surface area contributed by atoms with E-state index in [-0.39, 0.29) is 5.69 Å². The topological polar surface area (TPSA) is 55.6 Å². The predicted molar refractivity (Wildman–Crippen MR) is 53.9 cm³/mol. The van der Waals surface area contributed by atoms with Gasteiger partial charge >= 0.3 is 5.97 Å². The van der Waals surface area contributed by atoms with E-state index in [1.807, 2.05) is 0 Å². The summed E-state index contributed by atoms with van der Waals surface area (Å²) >= 11 is 0. The van der Waals surface area contributed by atoms with Crippen molar-refractivity contribution in [3.63, 3.8) is 0 Å². The zero-order valence-electron chi connectivity index (χ0n) is 8.73. The van der Waals surface area contributed by atoms with Crippen molar-refractivity contribution in [2.75, 3.05) is 24.6 Å². The van der Waals surface area contributed by atoms with Gasteiger partial charge in [-0.3, -0.25) is 0 Å².